The molecule has 0 unspecified atom stereocenters. The van der Waals surface area contributed by atoms with Crippen molar-refractivity contribution in [3.8, 4) is 5.75 Å². The number of nitrogens with zero attached hydrogens (tertiary/aromatic N) is 4. The molecule has 0 aliphatic carbocycles. The quantitative estimate of drug-likeness (QED) is 0.464. The molecule has 3 aromatic rings. The average molecular weight is 460 g/mol. The molecule has 2 aromatic heterocycles. The van der Waals surface area contributed by atoms with E-state index in [1.807, 2.05) is 31.2 Å². The summed E-state index contributed by atoms with van der Waals surface area (Å²) in [6.45, 7) is 1.39. The van der Waals surface area contributed by atoms with E-state index in [1.54, 1.807) is 0 Å². The molecule has 0 bridgehead atoms. The molecule has 3 rings (SSSR count). The smallest absolute Gasteiger partial charge is 0.283 e. The highest BCUT2D eigenvalue weighted by Gasteiger charge is 2.28. The number of rotatable bonds is 9. The molecule has 1 amide bonds. The highest BCUT2D eigenvalue weighted by molar-refractivity contribution is 6.32. The Hall–Kier alpha value is -3.08. The van der Waals surface area contributed by atoms with Gasteiger partial charge in [-0.1, -0.05) is 30.7 Å². The van der Waals surface area contributed by atoms with Gasteiger partial charge in [-0.15, -0.1) is 0 Å². The van der Waals surface area contributed by atoms with E-state index in [1.165, 1.54) is 22.6 Å². The van der Waals surface area contributed by atoms with Crippen molar-refractivity contribution in [2.24, 2.45) is 0 Å². The zero-order chi connectivity index (χ0) is 22.5. The summed E-state index contributed by atoms with van der Waals surface area (Å²) in [5, 5.41) is 8.95. The number of aryl methyl sites for hydroxylation is 1. The van der Waals surface area contributed by atoms with Crippen LogP contribution < -0.4 is 10.1 Å². The number of alkyl halides is 4. The first kappa shape index (κ1) is 22.6. The maximum Gasteiger partial charge on any atom is 0.283 e. The molecule has 7 nitrogen and oxygen atoms in total. The minimum atomic E-state index is -3.17. The van der Waals surface area contributed by atoms with Gasteiger partial charge in [0, 0.05) is 0 Å². The van der Waals surface area contributed by atoms with Crippen LogP contribution in [0.5, 0.6) is 5.75 Å². The van der Waals surface area contributed by atoms with Gasteiger partial charge in [0.15, 0.2) is 6.73 Å². The van der Waals surface area contributed by atoms with Gasteiger partial charge in [-0.25, -0.2) is 22.2 Å². The number of halogens is 5. The second-order valence-corrected chi connectivity index (χ2v) is 6.81. The van der Waals surface area contributed by atoms with Crippen LogP contribution >= 0.6 is 11.6 Å². The molecule has 0 atom stereocenters. The Bertz CT molecular complexity index is 1040. The van der Waals surface area contributed by atoms with Gasteiger partial charge in [-0.05, 0) is 24.1 Å². The topological polar surface area (TPSA) is 74.0 Å². The fourth-order valence-corrected chi connectivity index (χ4v) is 3.04. The maximum atomic E-state index is 13.2. The Morgan fingerprint density at radius 1 is 1.19 bits per heavy atom. The second-order valence-electron chi connectivity index (χ2n) is 6.43. The van der Waals surface area contributed by atoms with Gasteiger partial charge in [0.05, 0.1) is 23.1 Å². The Morgan fingerprint density at radius 3 is 2.52 bits per heavy atom. The Kier molecular flexibility index (Phi) is 7.16. The van der Waals surface area contributed by atoms with Crippen molar-refractivity contribution >= 4 is 23.2 Å². The van der Waals surface area contributed by atoms with E-state index < -0.39 is 41.7 Å². The summed E-state index contributed by atoms with van der Waals surface area (Å²) in [6.07, 6.45) is -2.61. The van der Waals surface area contributed by atoms with Crippen molar-refractivity contribution in [3.05, 3.63) is 58.6 Å². The number of aromatic nitrogens is 4. The van der Waals surface area contributed by atoms with Gasteiger partial charge in [-0.2, -0.15) is 10.2 Å². The summed E-state index contributed by atoms with van der Waals surface area (Å²) in [6, 6.07) is 7.54. The lowest BCUT2D eigenvalue weighted by Crippen LogP contribution is -2.21. The zero-order valence-electron chi connectivity index (χ0n) is 16.2. The molecule has 2 heterocycles. The van der Waals surface area contributed by atoms with E-state index in [-0.39, 0.29) is 12.4 Å². The van der Waals surface area contributed by atoms with E-state index in [9.17, 15) is 22.4 Å². The van der Waals surface area contributed by atoms with Crippen molar-refractivity contribution in [1.82, 2.24) is 19.6 Å². The zero-order valence-corrected chi connectivity index (χ0v) is 17.0. The molecule has 0 aliphatic heterocycles. The van der Waals surface area contributed by atoms with Crippen LogP contribution in [0.4, 0.5) is 23.2 Å². The standard InChI is InChI=1S/C19H18ClF4N5O2/c1-2-11-3-5-13(6-4-11)31-10-28-8-12(7-25-28)26-14(30)9-29-17(19(23)24)15(20)16(27-29)18(21)22/h3-8,18-19H,2,9-10H2,1H3,(H,26,30). The first-order valence-electron chi connectivity index (χ1n) is 9.15. The lowest BCUT2D eigenvalue weighted by atomic mass is 10.2. The summed E-state index contributed by atoms with van der Waals surface area (Å²) < 4.78 is 59.6. The van der Waals surface area contributed by atoms with Gasteiger partial charge >= 0.3 is 0 Å². The Balaban J connectivity index is 1.60. The highest BCUT2D eigenvalue weighted by Crippen LogP contribution is 2.34. The van der Waals surface area contributed by atoms with Crippen LogP contribution in [0.15, 0.2) is 36.7 Å². The number of ether oxygens (including phenoxy) is 1. The first-order valence-corrected chi connectivity index (χ1v) is 9.52. The van der Waals surface area contributed by atoms with Crippen molar-refractivity contribution in [2.75, 3.05) is 5.32 Å². The van der Waals surface area contributed by atoms with Gasteiger partial charge < -0.3 is 10.1 Å². The van der Waals surface area contributed by atoms with Crippen LogP contribution in [-0.2, 0) is 24.5 Å². The van der Waals surface area contributed by atoms with Crippen molar-refractivity contribution in [2.45, 2.75) is 39.5 Å². The van der Waals surface area contributed by atoms with Crippen LogP contribution in [0.2, 0.25) is 5.02 Å². The van der Waals surface area contributed by atoms with Crippen LogP contribution in [-0.4, -0.2) is 25.5 Å². The van der Waals surface area contributed by atoms with E-state index in [4.69, 9.17) is 16.3 Å². The number of carbonyl (C=O) groups excluding carboxylic acids is 1. The van der Waals surface area contributed by atoms with Crippen LogP contribution in [0, 0.1) is 0 Å². The molecule has 0 radical (unpaired) electrons. The summed E-state index contributed by atoms with van der Waals surface area (Å²) in [4.78, 5) is 12.2. The lowest BCUT2D eigenvalue weighted by Gasteiger charge is -2.07. The molecular formula is C19H18ClF4N5O2. The maximum absolute atomic E-state index is 13.2. The summed E-state index contributed by atoms with van der Waals surface area (Å²) in [5.41, 5.74) is -0.501. The predicted molar refractivity (Wildman–Crippen MR) is 104 cm³/mol. The third kappa shape index (κ3) is 5.54. The van der Waals surface area contributed by atoms with Gasteiger partial charge in [-0.3, -0.25) is 9.48 Å². The van der Waals surface area contributed by atoms with Crippen LogP contribution in [0.25, 0.3) is 0 Å². The fraction of sp³-hybridized carbons (Fsp3) is 0.316. The predicted octanol–water partition coefficient (Wildman–Crippen LogP) is 4.85. The molecular weight excluding hydrogens is 442 g/mol. The molecule has 1 N–H and O–H groups in total. The third-order valence-electron chi connectivity index (χ3n) is 4.28. The number of hydrogen-bond donors (Lipinski definition) is 1. The molecule has 0 spiro atoms. The highest BCUT2D eigenvalue weighted by atomic mass is 35.5. The molecule has 0 fully saturated rings. The molecule has 12 heteroatoms. The van der Waals surface area contributed by atoms with Gasteiger partial charge in [0.2, 0.25) is 5.91 Å². The van der Waals surface area contributed by atoms with Crippen molar-refractivity contribution in [1.29, 1.82) is 0 Å². The lowest BCUT2D eigenvalue weighted by molar-refractivity contribution is -0.117. The van der Waals surface area contributed by atoms with Crippen LogP contribution in [0.3, 0.4) is 0 Å². The molecule has 1 aromatic carbocycles. The molecule has 0 aliphatic rings. The number of anilines is 1. The van der Waals surface area contributed by atoms with Crippen LogP contribution in [0.1, 0.15) is 36.7 Å². The van der Waals surface area contributed by atoms with E-state index in [0.717, 1.165) is 6.42 Å². The number of hydrogen-bond acceptors (Lipinski definition) is 4. The number of amides is 1. The Morgan fingerprint density at radius 2 is 1.90 bits per heavy atom. The second kappa shape index (κ2) is 9.82. The van der Waals surface area contributed by atoms with E-state index in [2.05, 4.69) is 15.5 Å². The summed E-state index contributed by atoms with van der Waals surface area (Å²) >= 11 is 5.57. The molecule has 0 saturated heterocycles. The van der Waals surface area contributed by atoms with Crippen molar-refractivity contribution in [3.63, 3.8) is 0 Å². The molecule has 0 saturated carbocycles. The number of benzene rings is 1. The van der Waals surface area contributed by atoms with Crippen molar-refractivity contribution < 1.29 is 27.1 Å². The first-order chi connectivity index (χ1) is 14.8. The largest absolute Gasteiger partial charge is 0.471 e. The van der Waals surface area contributed by atoms with Gasteiger partial charge in [0.1, 0.15) is 23.7 Å². The van der Waals surface area contributed by atoms with E-state index >= 15 is 0 Å². The molecule has 31 heavy (non-hydrogen) atoms. The number of carbonyl (C=O) groups is 1. The number of nitrogens with one attached hydrogen (secondary N) is 1. The summed E-state index contributed by atoms with van der Waals surface area (Å²) in [7, 11) is 0. The summed E-state index contributed by atoms with van der Waals surface area (Å²) in [5.74, 6) is -0.124. The Labute approximate surface area is 179 Å². The fourth-order valence-electron chi connectivity index (χ4n) is 2.74. The molecule has 166 valence electrons. The SMILES string of the molecule is CCc1ccc(OCn2cc(NC(=O)Cn3nc(C(F)F)c(Cl)c3C(F)F)cn2)cc1. The monoisotopic (exact) mass is 459 g/mol. The van der Waals surface area contributed by atoms with Gasteiger partial charge in [0.25, 0.3) is 12.9 Å². The van der Waals surface area contributed by atoms with E-state index in [0.29, 0.717) is 10.4 Å². The third-order valence-corrected chi connectivity index (χ3v) is 4.66. The average Bonchev–Trinajstić information content (AvgIpc) is 3.30. The normalized spacial score (nSPS) is 11.4. The minimum Gasteiger partial charge on any atom is -0.471 e. The minimum absolute atomic E-state index is 0.0728.